The third-order valence-electron chi connectivity index (χ3n) is 5.05. The van der Waals surface area contributed by atoms with Crippen LogP contribution in [-0.2, 0) is 17.6 Å². The standard InChI is InChI=1S/C23H29BrN2O3S/c24-19-8-5-17(6-9-19)12-16-29-15-4-2-1-3-13-25-14-11-18-7-10-20(27)21-22(18)30-23(28)26-21/h5-10,25,27H,1-4,11-16H2,(H,26,28). The molecular weight excluding hydrogens is 464 g/mol. The fourth-order valence-electron chi connectivity index (χ4n) is 3.37. The number of benzene rings is 2. The van der Waals surface area contributed by atoms with Gasteiger partial charge in [0.15, 0.2) is 0 Å². The summed E-state index contributed by atoms with van der Waals surface area (Å²) in [6.45, 7) is 3.48. The molecule has 3 aromatic rings. The lowest BCUT2D eigenvalue weighted by molar-refractivity contribution is 0.133. The van der Waals surface area contributed by atoms with Crippen molar-refractivity contribution in [2.24, 2.45) is 0 Å². The van der Waals surface area contributed by atoms with Gasteiger partial charge in [-0.05, 0) is 68.1 Å². The molecule has 3 rings (SSSR count). The molecule has 0 aliphatic rings. The predicted octanol–water partition coefficient (Wildman–Crippen LogP) is 5.01. The van der Waals surface area contributed by atoms with E-state index in [9.17, 15) is 9.90 Å². The van der Waals surface area contributed by atoms with E-state index in [1.807, 2.05) is 6.07 Å². The largest absolute Gasteiger partial charge is 0.506 e. The van der Waals surface area contributed by atoms with Crippen molar-refractivity contribution in [2.75, 3.05) is 26.3 Å². The first-order chi connectivity index (χ1) is 14.6. The maximum atomic E-state index is 11.6. The van der Waals surface area contributed by atoms with E-state index in [2.05, 4.69) is 50.5 Å². The number of aromatic hydroxyl groups is 1. The molecule has 1 heterocycles. The highest BCUT2D eigenvalue weighted by atomic mass is 79.9. The molecule has 0 amide bonds. The summed E-state index contributed by atoms with van der Waals surface area (Å²) in [6, 6.07) is 12.0. The molecule has 0 fully saturated rings. The van der Waals surface area contributed by atoms with Gasteiger partial charge in [-0.25, -0.2) is 0 Å². The summed E-state index contributed by atoms with van der Waals surface area (Å²) >= 11 is 4.61. The normalized spacial score (nSPS) is 11.4. The number of H-pyrrole nitrogens is 1. The van der Waals surface area contributed by atoms with Crippen LogP contribution in [0.15, 0.2) is 45.7 Å². The average Bonchev–Trinajstić information content (AvgIpc) is 3.14. The van der Waals surface area contributed by atoms with Gasteiger partial charge in [0, 0.05) is 11.1 Å². The maximum Gasteiger partial charge on any atom is 0.305 e. The number of halogens is 1. The summed E-state index contributed by atoms with van der Waals surface area (Å²) in [4.78, 5) is 14.1. The topological polar surface area (TPSA) is 74.4 Å². The zero-order valence-electron chi connectivity index (χ0n) is 17.1. The zero-order chi connectivity index (χ0) is 21.2. The Morgan fingerprint density at radius 1 is 0.967 bits per heavy atom. The Hall–Kier alpha value is -1.67. The van der Waals surface area contributed by atoms with E-state index in [4.69, 9.17) is 4.74 Å². The smallest absolute Gasteiger partial charge is 0.305 e. The summed E-state index contributed by atoms with van der Waals surface area (Å²) < 4.78 is 7.71. The van der Waals surface area contributed by atoms with Crippen molar-refractivity contribution in [3.8, 4) is 5.75 Å². The molecule has 0 radical (unpaired) electrons. The summed E-state index contributed by atoms with van der Waals surface area (Å²) in [5.41, 5.74) is 2.96. The van der Waals surface area contributed by atoms with Crippen molar-refractivity contribution in [1.29, 1.82) is 0 Å². The minimum Gasteiger partial charge on any atom is -0.506 e. The van der Waals surface area contributed by atoms with Crippen molar-refractivity contribution < 1.29 is 9.84 Å². The van der Waals surface area contributed by atoms with Crippen LogP contribution in [0.25, 0.3) is 10.2 Å². The summed E-state index contributed by atoms with van der Waals surface area (Å²) in [7, 11) is 0. The first-order valence-corrected chi connectivity index (χ1v) is 12.1. The molecule has 0 saturated carbocycles. The molecule has 0 spiro atoms. The molecule has 3 N–H and O–H groups in total. The number of hydrogen-bond donors (Lipinski definition) is 3. The number of rotatable bonds is 13. The Balaban J connectivity index is 1.19. The van der Waals surface area contributed by atoms with Gasteiger partial charge in [-0.3, -0.25) is 4.79 Å². The number of fused-ring (bicyclic) bond motifs is 1. The van der Waals surface area contributed by atoms with E-state index in [0.29, 0.717) is 5.52 Å². The van der Waals surface area contributed by atoms with Gasteiger partial charge in [0.25, 0.3) is 0 Å². The number of ether oxygens (including phenoxy) is 1. The van der Waals surface area contributed by atoms with E-state index >= 15 is 0 Å². The van der Waals surface area contributed by atoms with Crippen LogP contribution in [0.3, 0.4) is 0 Å². The van der Waals surface area contributed by atoms with Gasteiger partial charge >= 0.3 is 4.87 Å². The summed E-state index contributed by atoms with van der Waals surface area (Å²) in [5, 5.41) is 13.3. The van der Waals surface area contributed by atoms with E-state index in [1.165, 1.54) is 18.4 Å². The second kappa shape index (κ2) is 12.2. The van der Waals surface area contributed by atoms with Crippen molar-refractivity contribution in [3.05, 3.63) is 61.7 Å². The number of phenols is 1. The Labute approximate surface area is 189 Å². The van der Waals surface area contributed by atoms with E-state index in [-0.39, 0.29) is 10.6 Å². The molecule has 2 aromatic carbocycles. The Kier molecular flexibility index (Phi) is 9.39. The zero-order valence-corrected chi connectivity index (χ0v) is 19.5. The van der Waals surface area contributed by atoms with Crippen LogP contribution in [0.1, 0.15) is 36.8 Å². The minimum atomic E-state index is -0.127. The van der Waals surface area contributed by atoms with Crippen LogP contribution < -0.4 is 10.2 Å². The minimum absolute atomic E-state index is 0.127. The molecule has 5 nitrogen and oxygen atoms in total. The van der Waals surface area contributed by atoms with Crippen molar-refractivity contribution in [3.63, 3.8) is 0 Å². The lowest BCUT2D eigenvalue weighted by atomic mass is 10.1. The van der Waals surface area contributed by atoms with Crippen LogP contribution in [0, 0.1) is 0 Å². The second-order valence-electron chi connectivity index (χ2n) is 7.37. The van der Waals surface area contributed by atoms with Crippen molar-refractivity contribution in [1.82, 2.24) is 10.3 Å². The van der Waals surface area contributed by atoms with Gasteiger partial charge in [-0.15, -0.1) is 0 Å². The molecule has 1 aromatic heterocycles. The molecule has 0 bridgehead atoms. The second-order valence-corrected chi connectivity index (χ2v) is 9.26. The molecule has 0 aliphatic carbocycles. The third-order valence-corrected chi connectivity index (χ3v) is 6.54. The highest BCUT2D eigenvalue weighted by Gasteiger charge is 2.09. The Bertz CT molecular complexity index is 969. The van der Waals surface area contributed by atoms with E-state index < -0.39 is 0 Å². The number of nitrogens with one attached hydrogen (secondary N) is 2. The van der Waals surface area contributed by atoms with E-state index in [1.54, 1.807) is 6.07 Å². The maximum absolute atomic E-state index is 11.6. The van der Waals surface area contributed by atoms with Crippen LogP contribution in [0.5, 0.6) is 5.75 Å². The Morgan fingerprint density at radius 3 is 2.60 bits per heavy atom. The number of phenolic OH excluding ortho intramolecular Hbond substituents is 1. The van der Waals surface area contributed by atoms with Gasteiger partial charge in [-0.2, -0.15) is 0 Å². The predicted molar refractivity (Wildman–Crippen MR) is 128 cm³/mol. The number of hydrogen-bond acceptors (Lipinski definition) is 5. The summed E-state index contributed by atoms with van der Waals surface area (Å²) in [5.74, 6) is 0.136. The first kappa shape index (κ1) is 23.0. The fourth-order valence-corrected chi connectivity index (χ4v) is 4.53. The van der Waals surface area contributed by atoms with Crippen molar-refractivity contribution >= 4 is 37.5 Å². The number of aromatic nitrogens is 1. The molecule has 0 aliphatic heterocycles. The quantitative estimate of drug-likeness (QED) is 0.293. The molecule has 30 heavy (non-hydrogen) atoms. The van der Waals surface area contributed by atoms with Crippen LogP contribution in [0.4, 0.5) is 0 Å². The first-order valence-electron chi connectivity index (χ1n) is 10.5. The summed E-state index contributed by atoms with van der Waals surface area (Å²) in [6.07, 6.45) is 6.46. The fraction of sp³-hybridized carbons (Fsp3) is 0.435. The van der Waals surface area contributed by atoms with Crippen LogP contribution in [-0.4, -0.2) is 36.4 Å². The van der Waals surface area contributed by atoms with Gasteiger partial charge < -0.3 is 20.1 Å². The van der Waals surface area contributed by atoms with Gasteiger partial charge in [-0.1, -0.05) is 58.3 Å². The van der Waals surface area contributed by atoms with E-state index in [0.717, 1.165) is 78.1 Å². The lowest BCUT2D eigenvalue weighted by Gasteiger charge is -2.07. The molecule has 0 unspecified atom stereocenters. The molecular formula is C23H29BrN2O3S. The SMILES string of the molecule is O=c1[nH]c2c(O)ccc(CCNCCCCCCOCCc3ccc(Br)cc3)c2s1. The van der Waals surface area contributed by atoms with Gasteiger partial charge in [0.2, 0.25) is 0 Å². The monoisotopic (exact) mass is 492 g/mol. The van der Waals surface area contributed by atoms with Gasteiger partial charge in [0.05, 0.1) is 11.3 Å². The Morgan fingerprint density at radius 2 is 1.77 bits per heavy atom. The highest BCUT2D eigenvalue weighted by molar-refractivity contribution is 9.10. The number of thiazole rings is 1. The number of aromatic amines is 1. The highest BCUT2D eigenvalue weighted by Crippen LogP contribution is 2.27. The van der Waals surface area contributed by atoms with Gasteiger partial charge in [0.1, 0.15) is 11.3 Å². The number of unbranched alkanes of at least 4 members (excludes halogenated alkanes) is 3. The molecule has 0 atom stereocenters. The third kappa shape index (κ3) is 7.23. The van der Waals surface area contributed by atoms with Crippen molar-refractivity contribution in [2.45, 2.75) is 38.5 Å². The average molecular weight is 493 g/mol. The van der Waals surface area contributed by atoms with Crippen LogP contribution in [0.2, 0.25) is 0 Å². The lowest BCUT2D eigenvalue weighted by Crippen LogP contribution is -2.18. The molecule has 162 valence electrons. The molecule has 7 heteroatoms. The molecule has 0 saturated heterocycles. The van der Waals surface area contributed by atoms with Crippen LogP contribution >= 0.6 is 27.3 Å².